The number of nitrogens with one attached hydrogen (secondary N) is 1. The van der Waals surface area contributed by atoms with Crippen molar-refractivity contribution in [1.82, 2.24) is 14.9 Å². The molecule has 2 rings (SSSR count). The number of ether oxygens (including phenoxy) is 1. The summed E-state index contributed by atoms with van der Waals surface area (Å²) in [5.74, 6) is 0.669. The second kappa shape index (κ2) is 8.62. The summed E-state index contributed by atoms with van der Waals surface area (Å²) in [4.78, 5) is 13.0. The number of rotatable bonds is 8. The van der Waals surface area contributed by atoms with Gasteiger partial charge in [-0.1, -0.05) is 30.7 Å². The smallest absolute Gasteiger partial charge is 0.265 e. The summed E-state index contributed by atoms with van der Waals surface area (Å²) >= 11 is 1.13. The van der Waals surface area contributed by atoms with E-state index in [9.17, 15) is 4.79 Å². The molecule has 0 aliphatic carbocycles. The molecule has 1 amide bonds. The van der Waals surface area contributed by atoms with Gasteiger partial charge in [0.1, 0.15) is 16.3 Å². The zero-order valence-electron chi connectivity index (χ0n) is 13.8. The number of carbonyl (C=O) groups excluding carboxylic acids is 1. The summed E-state index contributed by atoms with van der Waals surface area (Å²) < 4.78 is 9.10. The molecule has 0 saturated heterocycles. The van der Waals surface area contributed by atoms with Crippen LogP contribution in [-0.4, -0.2) is 28.6 Å². The Bertz CT molecular complexity index is 625. The molecule has 1 unspecified atom stereocenters. The molecule has 0 saturated carbocycles. The molecule has 1 aromatic carbocycles. The minimum absolute atomic E-state index is 0.102. The third-order valence-corrected chi connectivity index (χ3v) is 4.40. The lowest BCUT2D eigenvalue weighted by atomic mass is 10.1. The average molecular weight is 333 g/mol. The van der Waals surface area contributed by atoms with E-state index in [-0.39, 0.29) is 11.9 Å². The van der Waals surface area contributed by atoms with E-state index in [4.69, 9.17) is 4.74 Å². The molecule has 0 radical (unpaired) electrons. The van der Waals surface area contributed by atoms with Crippen LogP contribution in [0.1, 0.15) is 49.2 Å². The van der Waals surface area contributed by atoms with E-state index in [1.165, 1.54) is 12.8 Å². The molecular weight excluding hydrogens is 310 g/mol. The lowest BCUT2D eigenvalue weighted by molar-refractivity contribution is 0.0942. The maximum atomic E-state index is 12.5. The van der Waals surface area contributed by atoms with E-state index in [1.54, 1.807) is 7.11 Å². The molecular formula is C17H23N3O2S. The lowest BCUT2D eigenvalue weighted by Crippen LogP contribution is -2.32. The fourth-order valence-corrected chi connectivity index (χ4v) is 2.93. The molecule has 1 N–H and O–H groups in total. The van der Waals surface area contributed by atoms with Gasteiger partial charge >= 0.3 is 0 Å². The topological polar surface area (TPSA) is 64.1 Å². The minimum atomic E-state index is -0.102. The highest BCUT2D eigenvalue weighted by atomic mass is 32.1. The van der Waals surface area contributed by atoms with Crippen molar-refractivity contribution in [3.63, 3.8) is 0 Å². The van der Waals surface area contributed by atoms with Gasteiger partial charge in [-0.05, 0) is 49.1 Å². The Morgan fingerprint density at radius 3 is 2.70 bits per heavy atom. The summed E-state index contributed by atoms with van der Waals surface area (Å²) in [6, 6.07) is 7.63. The molecule has 124 valence electrons. The number of nitrogens with zero attached hydrogens (tertiary/aromatic N) is 2. The van der Waals surface area contributed by atoms with Crippen molar-refractivity contribution in [2.24, 2.45) is 0 Å². The van der Waals surface area contributed by atoms with Crippen LogP contribution in [0.25, 0.3) is 11.3 Å². The largest absolute Gasteiger partial charge is 0.497 e. The Morgan fingerprint density at radius 2 is 2.04 bits per heavy atom. The lowest BCUT2D eigenvalue weighted by Gasteiger charge is -2.13. The first kappa shape index (κ1) is 17.4. The van der Waals surface area contributed by atoms with Gasteiger partial charge < -0.3 is 10.1 Å². The number of amides is 1. The quantitative estimate of drug-likeness (QED) is 0.744. The molecule has 6 heteroatoms. The number of benzene rings is 1. The van der Waals surface area contributed by atoms with Gasteiger partial charge in [-0.25, -0.2) is 0 Å². The maximum absolute atomic E-state index is 12.5. The van der Waals surface area contributed by atoms with Gasteiger partial charge in [-0.15, -0.1) is 5.10 Å². The molecule has 0 aliphatic rings. The van der Waals surface area contributed by atoms with E-state index in [2.05, 4.69) is 21.8 Å². The molecule has 0 bridgehead atoms. The molecule has 1 heterocycles. The van der Waals surface area contributed by atoms with Crippen LogP contribution in [0.5, 0.6) is 5.75 Å². The number of aromatic nitrogens is 2. The monoisotopic (exact) mass is 333 g/mol. The standard InChI is InChI=1S/C17H23N3O2S/c1-4-5-6-7-12(2)18-17(21)16-15(19-20-23-16)13-8-10-14(22-3)11-9-13/h8-12H,4-7H2,1-3H3,(H,18,21). The van der Waals surface area contributed by atoms with Gasteiger partial charge in [-0.3, -0.25) is 4.79 Å². The zero-order chi connectivity index (χ0) is 16.7. The number of carbonyl (C=O) groups is 1. The van der Waals surface area contributed by atoms with Crippen LogP contribution in [-0.2, 0) is 0 Å². The Hall–Kier alpha value is -1.95. The highest BCUT2D eigenvalue weighted by Gasteiger charge is 2.19. The van der Waals surface area contributed by atoms with Gasteiger partial charge in [0.25, 0.3) is 5.91 Å². The second-order valence-electron chi connectivity index (χ2n) is 5.55. The molecule has 23 heavy (non-hydrogen) atoms. The highest BCUT2D eigenvalue weighted by Crippen LogP contribution is 2.26. The summed E-state index contributed by atoms with van der Waals surface area (Å²) in [6.07, 6.45) is 4.49. The number of hydrogen-bond acceptors (Lipinski definition) is 5. The molecule has 2 aromatic rings. The Labute approximate surface area is 141 Å². The van der Waals surface area contributed by atoms with Gasteiger partial charge in [0.15, 0.2) is 0 Å². The van der Waals surface area contributed by atoms with E-state index in [0.717, 1.165) is 35.7 Å². The summed E-state index contributed by atoms with van der Waals surface area (Å²) in [5.41, 5.74) is 1.49. The van der Waals surface area contributed by atoms with Crippen LogP contribution >= 0.6 is 11.5 Å². The average Bonchev–Trinajstić information content (AvgIpc) is 3.05. The van der Waals surface area contributed by atoms with Crippen LogP contribution in [0.4, 0.5) is 0 Å². The van der Waals surface area contributed by atoms with Gasteiger partial charge in [0.2, 0.25) is 0 Å². The fraction of sp³-hybridized carbons (Fsp3) is 0.471. The van der Waals surface area contributed by atoms with Gasteiger partial charge in [0.05, 0.1) is 7.11 Å². The fourth-order valence-electron chi connectivity index (χ4n) is 2.34. The molecule has 0 aliphatic heterocycles. The molecule has 5 nitrogen and oxygen atoms in total. The van der Waals surface area contributed by atoms with Crippen LogP contribution in [0.2, 0.25) is 0 Å². The minimum Gasteiger partial charge on any atom is -0.497 e. The van der Waals surface area contributed by atoms with Crippen molar-refractivity contribution < 1.29 is 9.53 Å². The SMILES string of the molecule is CCCCCC(C)NC(=O)c1snnc1-c1ccc(OC)cc1. The van der Waals surface area contributed by atoms with E-state index in [0.29, 0.717) is 10.6 Å². The summed E-state index contributed by atoms with van der Waals surface area (Å²) in [6.45, 7) is 4.21. The highest BCUT2D eigenvalue weighted by molar-refractivity contribution is 7.08. The summed E-state index contributed by atoms with van der Waals surface area (Å²) in [7, 11) is 1.62. The van der Waals surface area contributed by atoms with E-state index in [1.807, 2.05) is 31.2 Å². The predicted octanol–water partition coefficient (Wildman–Crippen LogP) is 3.91. The van der Waals surface area contributed by atoms with Crippen molar-refractivity contribution in [3.8, 4) is 17.0 Å². The van der Waals surface area contributed by atoms with Crippen molar-refractivity contribution in [3.05, 3.63) is 29.1 Å². The van der Waals surface area contributed by atoms with Crippen LogP contribution in [0.3, 0.4) is 0 Å². The molecule has 0 spiro atoms. The molecule has 0 fully saturated rings. The van der Waals surface area contributed by atoms with E-state index < -0.39 is 0 Å². The summed E-state index contributed by atoms with van der Waals surface area (Å²) in [5, 5.41) is 7.15. The van der Waals surface area contributed by atoms with Gasteiger partial charge in [-0.2, -0.15) is 0 Å². The first-order valence-electron chi connectivity index (χ1n) is 7.93. The number of methoxy groups -OCH3 is 1. The normalized spacial score (nSPS) is 12.0. The number of hydrogen-bond donors (Lipinski definition) is 1. The maximum Gasteiger partial charge on any atom is 0.265 e. The third kappa shape index (κ3) is 4.76. The first-order valence-corrected chi connectivity index (χ1v) is 8.70. The van der Waals surface area contributed by atoms with Crippen LogP contribution in [0.15, 0.2) is 24.3 Å². The van der Waals surface area contributed by atoms with Crippen molar-refractivity contribution in [1.29, 1.82) is 0 Å². The molecule has 1 atom stereocenters. The molecule has 1 aromatic heterocycles. The Kier molecular flexibility index (Phi) is 6.52. The van der Waals surface area contributed by atoms with Crippen LogP contribution in [0, 0.1) is 0 Å². The van der Waals surface area contributed by atoms with E-state index >= 15 is 0 Å². The predicted molar refractivity (Wildman–Crippen MR) is 93.0 cm³/mol. The van der Waals surface area contributed by atoms with Crippen molar-refractivity contribution in [2.45, 2.75) is 45.6 Å². The second-order valence-corrected chi connectivity index (χ2v) is 6.30. The first-order chi connectivity index (χ1) is 11.2. The van der Waals surface area contributed by atoms with Gasteiger partial charge in [0, 0.05) is 11.6 Å². The van der Waals surface area contributed by atoms with Crippen molar-refractivity contribution >= 4 is 17.4 Å². The van der Waals surface area contributed by atoms with Crippen LogP contribution < -0.4 is 10.1 Å². The van der Waals surface area contributed by atoms with Crippen molar-refractivity contribution in [2.75, 3.05) is 7.11 Å². The Balaban J connectivity index is 2.05. The number of unbranched alkanes of at least 4 members (excludes halogenated alkanes) is 2. The Morgan fingerprint density at radius 1 is 1.30 bits per heavy atom. The third-order valence-electron chi connectivity index (χ3n) is 3.68. The zero-order valence-corrected chi connectivity index (χ0v) is 14.7.